The molecule has 0 aliphatic carbocycles. The van der Waals surface area contributed by atoms with Crippen LogP contribution in [0, 0.1) is 0 Å². The molecule has 0 radical (unpaired) electrons. The Bertz CT molecular complexity index is 2060. The predicted octanol–water partition coefficient (Wildman–Crippen LogP) is 5.71. The van der Waals surface area contributed by atoms with Crippen LogP contribution in [0.1, 0.15) is 0 Å². The summed E-state index contributed by atoms with van der Waals surface area (Å²) < 4.78 is 6.59. The Morgan fingerprint density at radius 2 is 1.40 bits per heavy atom. The predicted molar refractivity (Wildman–Crippen MR) is 137 cm³/mol. The van der Waals surface area contributed by atoms with Gasteiger partial charge in [-0.2, -0.15) is 0 Å². The van der Waals surface area contributed by atoms with Crippen molar-refractivity contribution < 1.29 is 0 Å². The van der Waals surface area contributed by atoms with E-state index in [2.05, 4.69) is 72.2 Å². The van der Waals surface area contributed by atoms with Crippen LogP contribution >= 0.6 is 0 Å². The van der Waals surface area contributed by atoms with Crippen molar-refractivity contribution in [2.45, 2.75) is 0 Å². The maximum Gasteiger partial charge on any atom is 0.170 e. The summed E-state index contributed by atoms with van der Waals surface area (Å²) in [6, 6.07) is 24.8. The van der Waals surface area contributed by atoms with E-state index in [1.54, 1.807) is 0 Å². The van der Waals surface area contributed by atoms with E-state index in [9.17, 15) is 0 Å². The first-order chi connectivity index (χ1) is 17.4. The molecule has 0 bridgehead atoms. The van der Waals surface area contributed by atoms with Gasteiger partial charge in [-0.15, -0.1) is 10.2 Å². The van der Waals surface area contributed by atoms with Gasteiger partial charge in [0.05, 0.1) is 34.3 Å². The third-order valence-corrected chi connectivity index (χ3v) is 6.76. The average Bonchev–Trinajstić information content (AvgIpc) is 3.59. The van der Waals surface area contributed by atoms with E-state index < -0.39 is 0 Å². The third-order valence-electron chi connectivity index (χ3n) is 6.76. The molecule has 0 aliphatic rings. The molecule has 1 aromatic carbocycles. The molecule has 0 atom stereocenters. The summed E-state index contributed by atoms with van der Waals surface area (Å²) in [4.78, 5) is 8.90. The zero-order valence-electron chi connectivity index (χ0n) is 18.4. The van der Waals surface area contributed by atoms with Gasteiger partial charge in [0, 0.05) is 40.6 Å². The highest BCUT2D eigenvalue weighted by molar-refractivity contribution is 6.23. The maximum absolute atomic E-state index is 4.78. The minimum atomic E-state index is 0.796. The monoisotopic (exact) mass is 451 g/mol. The normalized spacial score (nSPS) is 12.0. The standard InChI is InChI=1S/C28H17N7/c1-2-7-19(8-3-1)34-22-16-29-13-11-20(22)25-27-26(31-32-28(25)34)21-12-14-30-17-23(21)35(27)24-10-9-18-6-4-5-15-33(18)24/h1-17H. The molecule has 0 spiro atoms. The van der Waals surface area contributed by atoms with Crippen molar-refractivity contribution in [3.8, 4) is 11.5 Å². The number of para-hydroxylation sites is 1. The molecule has 0 fully saturated rings. The van der Waals surface area contributed by atoms with Crippen LogP contribution in [0.25, 0.3) is 60.9 Å². The molecule has 0 N–H and O–H groups in total. The van der Waals surface area contributed by atoms with E-state index in [0.717, 1.165) is 60.9 Å². The summed E-state index contributed by atoms with van der Waals surface area (Å²) in [6.07, 6.45) is 9.54. The van der Waals surface area contributed by atoms with Crippen LogP contribution in [-0.2, 0) is 0 Å². The SMILES string of the molecule is c1ccc(-n2c3cnccc3c3c2nnc2c4ccncc4n(-c4ccc5ccccn45)c23)cc1. The quantitative estimate of drug-likeness (QED) is 0.337. The fourth-order valence-corrected chi connectivity index (χ4v) is 5.30. The van der Waals surface area contributed by atoms with Gasteiger partial charge in [-0.3, -0.25) is 19.1 Å². The summed E-state index contributed by atoms with van der Waals surface area (Å²) in [5.41, 5.74) is 6.78. The van der Waals surface area contributed by atoms with Gasteiger partial charge in [-0.05, 0) is 48.5 Å². The minimum Gasteiger partial charge on any atom is -0.303 e. The Labute approximate surface area is 198 Å². The molecule has 0 unspecified atom stereocenters. The number of benzene rings is 1. The van der Waals surface area contributed by atoms with E-state index >= 15 is 0 Å². The lowest BCUT2D eigenvalue weighted by atomic mass is 10.2. The van der Waals surface area contributed by atoms with Crippen molar-refractivity contribution in [2.24, 2.45) is 0 Å². The molecule has 0 aliphatic heterocycles. The van der Waals surface area contributed by atoms with Gasteiger partial charge in [0.1, 0.15) is 11.3 Å². The maximum atomic E-state index is 4.78. The molecule has 7 heteroatoms. The Morgan fingerprint density at radius 3 is 2.26 bits per heavy atom. The molecule has 164 valence electrons. The summed E-state index contributed by atoms with van der Waals surface area (Å²) >= 11 is 0. The second-order valence-corrected chi connectivity index (χ2v) is 8.57. The number of pyridine rings is 3. The molecule has 7 heterocycles. The molecule has 0 saturated heterocycles. The van der Waals surface area contributed by atoms with Gasteiger partial charge in [0.25, 0.3) is 0 Å². The first-order valence-corrected chi connectivity index (χ1v) is 11.4. The molecule has 8 rings (SSSR count). The number of hydrogen-bond acceptors (Lipinski definition) is 4. The molecule has 0 amide bonds. The Hall–Kier alpha value is -5.04. The highest BCUT2D eigenvalue weighted by Gasteiger charge is 2.23. The highest BCUT2D eigenvalue weighted by Crippen LogP contribution is 2.39. The van der Waals surface area contributed by atoms with Crippen LogP contribution in [0.15, 0.2) is 104 Å². The molecule has 35 heavy (non-hydrogen) atoms. The van der Waals surface area contributed by atoms with Crippen molar-refractivity contribution in [3.05, 3.63) is 104 Å². The van der Waals surface area contributed by atoms with Gasteiger partial charge in [-0.1, -0.05) is 24.3 Å². The van der Waals surface area contributed by atoms with Crippen LogP contribution in [-0.4, -0.2) is 33.7 Å². The number of hydrogen-bond donors (Lipinski definition) is 0. The Morgan fingerprint density at radius 1 is 0.629 bits per heavy atom. The van der Waals surface area contributed by atoms with Gasteiger partial charge in [-0.25, -0.2) is 0 Å². The van der Waals surface area contributed by atoms with E-state index in [1.165, 1.54) is 0 Å². The van der Waals surface area contributed by atoms with Crippen molar-refractivity contribution >= 4 is 49.4 Å². The Balaban J connectivity index is 1.65. The third kappa shape index (κ3) is 2.38. The molecule has 8 aromatic rings. The van der Waals surface area contributed by atoms with Gasteiger partial charge >= 0.3 is 0 Å². The van der Waals surface area contributed by atoms with E-state index in [1.807, 2.05) is 55.1 Å². The summed E-state index contributed by atoms with van der Waals surface area (Å²) in [7, 11) is 0. The Kier molecular flexibility index (Phi) is 3.54. The van der Waals surface area contributed by atoms with Gasteiger partial charge in [0.15, 0.2) is 5.65 Å². The molecular formula is C28H17N7. The fourth-order valence-electron chi connectivity index (χ4n) is 5.30. The highest BCUT2D eigenvalue weighted by atomic mass is 15.2. The number of aromatic nitrogens is 7. The molecular weight excluding hydrogens is 434 g/mol. The van der Waals surface area contributed by atoms with Crippen LogP contribution in [0.3, 0.4) is 0 Å². The van der Waals surface area contributed by atoms with Crippen LogP contribution < -0.4 is 0 Å². The van der Waals surface area contributed by atoms with Crippen LogP contribution in [0.2, 0.25) is 0 Å². The lowest BCUT2D eigenvalue weighted by Gasteiger charge is -2.09. The second-order valence-electron chi connectivity index (χ2n) is 8.57. The topological polar surface area (TPSA) is 65.8 Å². The number of rotatable bonds is 2. The van der Waals surface area contributed by atoms with Crippen molar-refractivity contribution in [1.82, 2.24) is 33.7 Å². The zero-order chi connectivity index (χ0) is 22.9. The zero-order valence-corrected chi connectivity index (χ0v) is 18.4. The minimum absolute atomic E-state index is 0.796. The summed E-state index contributed by atoms with van der Waals surface area (Å²) in [6.45, 7) is 0. The number of fused-ring (bicyclic) bond motifs is 8. The van der Waals surface area contributed by atoms with Gasteiger partial charge in [0.2, 0.25) is 0 Å². The first-order valence-electron chi connectivity index (χ1n) is 11.4. The second kappa shape index (κ2) is 6.74. The smallest absolute Gasteiger partial charge is 0.170 e. The van der Waals surface area contributed by atoms with Crippen molar-refractivity contribution in [3.63, 3.8) is 0 Å². The fraction of sp³-hybridized carbons (Fsp3) is 0. The molecule has 7 nitrogen and oxygen atoms in total. The number of nitrogens with zero attached hydrogens (tertiary/aromatic N) is 7. The summed E-state index contributed by atoms with van der Waals surface area (Å²) in [5, 5.41) is 12.7. The molecule has 0 saturated carbocycles. The lowest BCUT2D eigenvalue weighted by molar-refractivity contribution is 1.02. The molecule has 7 aromatic heterocycles. The van der Waals surface area contributed by atoms with Crippen molar-refractivity contribution in [1.29, 1.82) is 0 Å². The van der Waals surface area contributed by atoms with E-state index in [0.29, 0.717) is 0 Å². The van der Waals surface area contributed by atoms with Gasteiger partial charge < -0.3 is 4.40 Å². The van der Waals surface area contributed by atoms with Crippen LogP contribution in [0.5, 0.6) is 0 Å². The summed E-state index contributed by atoms with van der Waals surface area (Å²) in [5.74, 6) is 1.03. The lowest BCUT2D eigenvalue weighted by Crippen LogP contribution is -2.00. The largest absolute Gasteiger partial charge is 0.303 e. The van der Waals surface area contributed by atoms with E-state index in [4.69, 9.17) is 10.2 Å². The van der Waals surface area contributed by atoms with Crippen molar-refractivity contribution in [2.75, 3.05) is 0 Å². The van der Waals surface area contributed by atoms with E-state index in [-0.39, 0.29) is 0 Å². The average molecular weight is 451 g/mol. The first kappa shape index (κ1) is 18.4. The van der Waals surface area contributed by atoms with Crippen LogP contribution in [0.4, 0.5) is 0 Å².